The fraction of sp³-hybridized carbons (Fsp3) is 0.118. The van der Waals surface area contributed by atoms with Crippen molar-refractivity contribution >= 4 is 40.6 Å². The molecule has 27 heavy (non-hydrogen) atoms. The molecule has 0 spiro atoms. The highest BCUT2D eigenvalue weighted by atomic mass is 35.5. The molecule has 0 aliphatic rings. The number of thioether (sulfide) groups is 1. The summed E-state index contributed by atoms with van der Waals surface area (Å²) in [5, 5.41) is 22.1. The van der Waals surface area contributed by atoms with E-state index in [2.05, 4.69) is 15.5 Å². The Morgan fingerprint density at radius 3 is 2.89 bits per heavy atom. The number of nitro benzene ring substituents is 1. The van der Waals surface area contributed by atoms with Crippen molar-refractivity contribution in [2.24, 2.45) is 0 Å². The Morgan fingerprint density at radius 2 is 2.11 bits per heavy atom. The molecule has 1 N–H and O–H groups in total. The molecule has 10 heteroatoms. The number of rotatable bonds is 6. The van der Waals surface area contributed by atoms with Gasteiger partial charge in [0, 0.05) is 28.4 Å². The third kappa shape index (κ3) is 4.83. The molecule has 1 aromatic heterocycles. The van der Waals surface area contributed by atoms with Gasteiger partial charge in [0.2, 0.25) is 11.8 Å². The van der Waals surface area contributed by atoms with Crippen LogP contribution in [0.5, 0.6) is 0 Å². The van der Waals surface area contributed by atoms with Gasteiger partial charge >= 0.3 is 0 Å². The molecular weight excluding hydrogens is 392 g/mol. The molecule has 0 aliphatic carbocycles. The topological polar surface area (TPSA) is 111 Å². The largest absolute Gasteiger partial charge is 0.411 e. The summed E-state index contributed by atoms with van der Waals surface area (Å²) in [7, 11) is 0. The SMILES string of the molecule is Cc1ccc(Cl)cc1NC(=O)CSc1nnc(-c2cccc([N+](=O)[O-])c2)o1. The van der Waals surface area contributed by atoms with Gasteiger partial charge in [-0.2, -0.15) is 0 Å². The molecule has 1 heterocycles. The lowest BCUT2D eigenvalue weighted by Gasteiger charge is -2.07. The van der Waals surface area contributed by atoms with Crippen LogP contribution in [0.15, 0.2) is 52.1 Å². The number of nitrogens with one attached hydrogen (secondary N) is 1. The summed E-state index contributed by atoms with van der Waals surface area (Å²) in [6.45, 7) is 1.86. The van der Waals surface area contributed by atoms with E-state index >= 15 is 0 Å². The lowest BCUT2D eigenvalue weighted by Crippen LogP contribution is -2.14. The number of hydrogen-bond donors (Lipinski definition) is 1. The van der Waals surface area contributed by atoms with E-state index in [0.29, 0.717) is 16.3 Å². The van der Waals surface area contributed by atoms with Gasteiger partial charge in [-0.1, -0.05) is 35.5 Å². The van der Waals surface area contributed by atoms with E-state index in [9.17, 15) is 14.9 Å². The van der Waals surface area contributed by atoms with Crippen molar-refractivity contribution in [3.63, 3.8) is 0 Å². The quantitative estimate of drug-likeness (QED) is 0.369. The minimum atomic E-state index is -0.502. The molecule has 0 unspecified atom stereocenters. The first kappa shape index (κ1) is 18.9. The lowest BCUT2D eigenvalue weighted by atomic mass is 10.2. The number of hydrogen-bond acceptors (Lipinski definition) is 7. The standard InChI is InChI=1S/C17H13ClN4O4S/c1-10-5-6-12(18)8-14(10)19-15(23)9-27-17-21-20-16(26-17)11-3-2-4-13(7-11)22(24)25/h2-8H,9H2,1H3,(H,19,23). The van der Waals surface area contributed by atoms with Crippen LogP contribution >= 0.6 is 23.4 Å². The van der Waals surface area contributed by atoms with E-state index in [1.54, 1.807) is 18.2 Å². The second kappa shape index (κ2) is 8.19. The highest BCUT2D eigenvalue weighted by Crippen LogP contribution is 2.26. The molecule has 3 aromatic rings. The monoisotopic (exact) mass is 404 g/mol. The van der Waals surface area contributed by atoms with Gasteiger partial charge in [-0.05, 0) is 30.7 Å². The predicted molar refractivity (Wildman–Crippen MR) is 102 cm³/mol. The van der Waals surface area contributed by atoms with Crippen LogP contribution in [-0.4, -0.2) is 26.8 Å². The van der Waals surface area contributed by atoms with Crippen molar-refractivity contribution in [2.45, 2.75) is 12.1 Å². The van der Waals surface area contributed by atoms with Crippen molar-refractivity contribution in [3.8, 4) is 11.5 Å². The molecule has 1 amide bonds. The fourth-order valence-electron chi connectivity index (χ4n) is 2.18. The van der Waals surface area contributed by atoms with E-state index < -0.39 is 4.92 Å². The Bertz CT molecular complexity index is 1010. The minimum Gasteiger partial charge on any atom is -0.411 e. The summed E-state index contributed by atoms with van der Waals surface area (Å²) in [5.41, 5.74) is 1.89. The number of carbonyl (C=O) groups excluding carboxylic acids is 1. The number of amides is 1. The summed E-state index contributed by atoms with van der Waals surface area (Å²) in [5.74, 6) is -0.0459. The number of nitro groups is 1. The van der Waals surface area contributed by atoms with Crippen LogP contribution in [0.1, 0.15) is 5.56 Å². The van der Waals surface area contributed by atoms with Crippen LogP contribution in [0.2, 0.25) is 5.02 Å². The van der Waals surface area contributed by atoms with Crippen molar-refractivity contribution in [2.75, 3.05) is 11.1 Å². The molecule has 2 aromatic carbocycles. The number of non-ortho nitro benzene ring substituents is 1. The Labute approximate surface area is 163 Å². The second-order valence-electron chi connectivity index (χ2n) is 5.48. The van der Waals surface area contributed by atoms with E-state index in [1.165, 1.54) is 18.2 Å². The number of benzene rings is 2. The normalized spacial score (nSPS) is 10.6. The zero-order valence-corrected chi connectivity index (χ0v) is 15.6. The molecular formula is C17H13ClN4O4S. The van der Waals surface area contributed by atoms with E-state index in [0.717, 1.165) is 17.3 Å². The Morgan fingerprint density at radius 1 is 1.30 bits per heavy atom. The van der Waals surface area contributed by atoms with Gasteiger partial charge in [0.05, 0.1) is 10.7 Å². The van der Waals surface area contributed by atoms with E-state index in [-0.39, 0.29) is 28.5 Å². The fourth-order valence-corrected chi connectivity index (χ4v) is 2.91. The first-order valence-corrected chi connectivity index (χ1v) is 9.06. The van der Waals surface area contributed by atoms with Gasteiger partial charge < -0.3 is 9.73 Å². The molecule has 3 rings (SSSR count). The Hall–Kier alpha value is -2.91. The van der Waals surface area contributed by atoms with Crippen molar-refractivity contribution < 1.29 is 14.1 Å². The van der Waals surface area contributed by atoms with Crippen LogP contribution < -0.4 is 5.32 Å². The first-order chi connectivity index (χ1) is 12.9. The maximum Gasteiger partial charge on any atom is 0.277 e. The maximum atomic E-state index is 12.1. The lowest BCUT2D eigenvalue weighted by molar-refractivity contribution is -0.384. The average molecular weight is 405 g/mol. The molecule has 0 aliphatic heterocycles. The molecule has 0 radical (unpaired) electrons. The number of aromatic nitrogens is 2. The van der Waals surface area contributed by atoms with Gasteiger partial charge in [-0.15, -0.1) is 10.2 Å². The zero-order chi connectivity index (χ0) is 19.4. The zero-order valence-electron chi connectivity index (χ0n) is 14.0. The van der Waals surface area contributed by atoms with Crippen molar-refractivity contribution in [3.05, 3.63) is 63.2 Å². The Balaban J connectivity index is 1.62. The summed E-state index contributed by atoms with van der Waals surface area (Å²) < 4.78 is 5.46. The maximum absolute atomic E-state index is 12.1. The summed E-state index contributed by atoms with van der Waals surface area (Å²) in [4.78, 5) is 22.4. The van der Waals surface area contributed by atoms with Gasteiger partial charge in [0.1, 0.15) is 0 Å². The molecule has 0 atom stereocenters. The number of anilines is 1. The summed E-state index contributed by atoms with van der Waals surface area (Å²) >= 11 is 7.00. The minimum absolute atomic E-state index is 0.0581. The highest BCUT2D eigenvalue weighted by molar-refractivity contribution is 7.99. The van der Waals surface area contributed by atoms with Crippen LogP contribution in [0.25, 0.3) is 11.5 Å². The molecule has 138 valence electrons. The summed E-state index contributed by atoms with van der Waals surface area (Å²) in [6.07, 6.45) is 0. The van der Waals surface area contributed by atoms with E-state index in [1.807, 2.05) is 13.0 Å². The van der Waals surface area contributed by atoms with Crippen LogP contribution in [0.3, 0.4) is 0 Å². The molecule has 0 bridgehead atoms. The van der Waals surface area contributed by atoms with Crippen molar-refractivity contribution in [1.29, 1.82) is 0 Å². The smallest absolute Gasteiger partial charge is 0.277 e. The van der Waals surface area contributed by atoms with Gasteiger partial charge in [0.25, 0.3) is 10.9 Å². The number of carbonyl (C=O) groups is 1. The number of nitrogens with zero attached hydrogens (tertiary/aromatic N) is 3. The summed E-state index contributed by atoms with van der Waals surface area (Å²) in [6, 6.07) is 11.1. The first-order valence-electron chi connectivity index (χ1n) is 7.69. The molecule has 8 nitrogen and oxygen atoms in total. The molecule has 0 fully saturated rings. The second-order valence-corrected chi connectivity index (χ2v) is 6.84. The number of halogens is 1. The van der Waals surface area contributed by atoms with Crippen LogP contribution in [0.4, 0.5) is 11.4 Å². The Kier molecular flexibility index (Phi) is 5.72. The van der Waals surface area contributed by atoms with Crippen LogP contribution in [-0.2, 0) is 4.79 Å². The van der Waals surface area contributed by atoms with Gasteiger partial charge in [0.15, 0.2) is 0 Å². The van der Waals surface area contributed by atoms with Crippen molar-refractivity contribution in [1.82, 2.24) is 10.2 Å². The predicted octanol–water partition coefficient (Wildman–Crippen LogP) is 4.34. The third-order valence-electron chi connectivity index (χ3n) is 3.51. The average Bonchev–Trinajstić information content (AvgIpc) is 3.12. The molecule has 0 saturated heterocycles. The molecule has 0 saturated carbocycles. The number of aryl methyl sites for hydroxylation is 1. The van der Waals surface area contributed by atoms with E-state index in [4.69, 9.17) is 16.0 Å². The highest BCUT2D eigenvalue weighted by Gasteiger charge is 2.14. The van der Waals surface area contributed by atoms with Gasteiger partial charge in [-0.3, -0.25) is 14.9 Å². The van der Waals surface area contributed by atoms with Gasteiger partial charge in [-0.25, -0.2) is 0 Å². The third-order valence-corrected chi connectivity index (χ3v) is 4.56. The van der Waals surface area contributed by atoms with Crippen LogP contribution in [0, 0.1) is 17.0 Å².